The highest BCUT2D eigenvalue weighted by Gasteiger charge is 2.51. The Labute approximate surface area is 160 Å². The lowest BCUT2D eigenvalue weighted by Gasteiger charge is -2.21. The van der Waals surface area contributed by atoms with Crippen LogP contribution in [0.25, 0.3) is 11.1 Å². The van der Waals surface area contributed by atoms with Crippen molar-refractivity contribution in [3.63, 3.8) is 0 Å². The molecule has 1 heterocycles. The number of rotatable bonds is 4. The average molecular weight is 387 g/mol. The first kappa shape index (κ1) is 18.4. The van der Waals surface area contributed by atoms with Gasteiger partial charge in [0, 0.05) is 19.0 Å². The van der Waals surface area contributed by atoms with Gasteiger partial charge in [-0.3, -0.25) is 0 Å². The van der Waals surface area contributed by atoms with Crippen LogP contribution in [0, 0.1) is 5.92 Å². The molecule has 0 radical (unpaired) electrons. The molecule has 5 nitrogen and oxygen atoms in total. The number of hydrogen-bond donors (Lipinski definition) is 1. The summed E-state index contributed by atoms with van der Waals surface area (Å²) >= 11 is 0. The van der Waals surface area contributed by atoms with E-state index in [0.717, 1.165) is 27.2 Å². The van der Waals surface area contributed by atoms with Gasteiger partial charge in [0.1, 0.15) is 6.61 Å². The Balaban J connectivity index is 1.44. The van der Waals surface area contributed by atoms with Gasteiger partial charge in [-0.2, -0.15) is 8.78 Å². The van der Waals surface area contributed by atoms with Crippen molar-refractivity contribution in [1.29, 1.82) is 0 Å². The highest BCUT2D eigenvalue weighted by molar-refractivity contribution is 5.79. The number of likely N-dealkylation sites (tertiary alicyclic amines) is 1. The number of carbonyl (C=O) groups excluding carboxylic acids is 1. The second kappa shape index (κ2) is 6.89. The molecule has 28 heavy (non-hydrogen) atoms. The van der Waals surface area contributed by atoms with Crippen LogP contribution < -0.4 is 0 Å². The van der Waals surface area contributed by atoms with Gasteiger partial charge in [0.25, 0.3) is 0 Å². The van der Waals surface area contributed by atoms with E-state index in [-0.39, 0.29) is 32.0 Å². The lowest BCUT2D eigenvalue weighted by molar-refractivity contribution is -0.172. The van der Waals surface area contributed by atoms with Crippen LogP contribution in [0.3, 0.4) is 0 Å². The van der Waals surface area contributed by atoms with Crippen molar-refractivity contribution < 1.29 is 28.2 Å². The summed E-state index contributed by atoms with van der Waals surface area (Å²) in [5.74, 6) is -7.52. The van der Waals surface area contributed by atoms with E-state index in [1.54, 1.807) is 0 Å². The van der Waals surface area contributed by atoms with Gasteiger partial charge in [-0.15, -0.1) is 0 Å². The predicted octanol–water partition coefficient (Wildman–Crippen LogP) is 3.98. The fraction of sp³-hybridized carbons (Fsp3) is 0.333. The molecule has 0 bridgehead atoms. The first-order valence-corrected chi connectivity index (χ1v) is 9.10. The van der Waals surface area contributed by atoms with Gasteiger partial charge in [-0.05, 0) is 28.7 Å². The van der Waals surface area contributed by atoms with Crippen LogP contribution in [-0.4, -0.2) is 47.7 Å². The zero-order valence-electron chi connectivity index (χ0n) is 15.0. The van der Waals surface area contributed by atoms with Gasteiger partial charge in [0.15, 0.2) is 0 Å². The van der Waals surface area contributed by atoms with E-state index in [0.29, 0.717) is 0 Å². The fourth-order valence-electron chi connectivity index (χ4n) is 4.08. The molecule has 2 aromatic rings. The van der Waals surface area contributed by atoms with Crippen LogP contribution in [0.2, 0.25) is 0 Å². The van der Waals surface area contributed by atoms with Gasteiger partial charge in [0.2, 0.25) is 0 Å². The molecule has 0 saturated carbocycles. The third-order valence-electron chi connectivity index (χ3n) is 5.58. The number of carboxylic acid groups (broad SMARTS) is 1. The van der Waals surface area contributed by atoms with E-state index in [1.165, 1.54) is 0 Å². The molecular formula is C21H19F2NO4. The van der Waals surface area contributed by atoms with E-state index in [4.69, 9.17) is 9.84 Å². The van der Waals surface area contributed by atoms with Gasteiger partial charge in [-0.1, -0.05) is 48.5 Å². The number of ether oxygens (including phenoxy) is 1. The van der Waals surface area contributed by atoms with Crippen molar-refractivity contribution in [2.24, 2.45) is 5.92 Å². The van der Waals surface area contributed by atoms with Gasteiger partial charge < -0.3 is 14.7 Å². The molecule has 1 N–H and O–H groups in total. The van der Waals surface area contributed by atoms with E-state index in [2.05, 4.69) is 0 Å². The second-order valence-electron chi connectivity index (χ2n) is 7.16. The third kappa shape index (κ3) is 3.00. The van der Waals surface area contributed by atoms with Crippen molar-refractivity contribution >= 4 is 12.1 Å². The minimum atomic E-state index is -3.85. The molecule has 1 amide bonds. The van der Waals surface area contributed by atoms with Crippen LogP contribution in [0.5, 0.6) is 0 Å². The molecule has 1 aliphatic carbocycles. The fourth-order valence-corrected chi connectivity index (χ4v) is 4.08. The summed E-state index contributed by atoms with van der Waals surface area (Å²) in [6.45, 7) is -0.163. The Bertz CT molecular complexity index is 885. The molecule has 4 rings (SSSR count). The number of nitrogens with zero attached hydrogens (tertiary/aromatic N) is 1. The molecule has 7 heteroatoms. The standard InChI is InChI=1S/C21H19F2NO4/c22-21(23,19(25)26)13-9-10-24(11-13)20(27)28-12-18-16-7-3-1-5-14(16)15-6-2-4-8-17(15)18/h1-8,13,18H,9-12H2,(H,25,26). The molecule has 1 saturated heterocycles. The number of aliphatic carboxylic acids is 1. The zero-order chi connectivity index (χ0) is 19.9. The van der Waals surface area contributed by atoms with Crippen molar-refractivity contribution in [2.45, 2.75) is 18.3 Å². The van der Waals surface area contributed by atoms with Crippen LogP contribution in [-0.2, 0) is 9.53 Å². The molecule has 0 spiro atoms. The molecule has 1 fully saturated rings. The Morgan fingerprint density at radius 1 is 1.07 bits per heavy atom. The lowest BCUT2D eigenvalue weighted by atomic mass is 9.98. The third-order valence-corrected chi connectivity index (χ3v) is 5.58. The van der Waals surface area contributed by atoms with Crippen LogP contribution in [0.15, 0.2) is 48.5 Å². The topological polar surface area (TPSA) is 66.8 Å². The maximum atomic E-state index is 13.7. The van der Waals surface area contributed by atoms with E-state index < -0.39 is 23.9 Å². The first-order valence-electron chi connectivity index (χ1n) is 9.10. The Morgan fingerprint density at radius 2 is 1.64 bits per heavy atom. The average Bonchev–Trinajstić information content (AvgIpc) is 3.30. The molecule has 1 aliphatic heterocycles. The smallest absolute Gasteiger partial charge is 0.409 e. The number of amides is 1. The normalized spacial score (nSPS) is 18.6. The van der Waals surface area contributed by atoms with Crippen LogP contribution in [0.1, 0.15) is 23.5 Å². The minimum Gasteiger partial charge on any atom is -0.477 e. The largest absolute Gasteiger partial charge is 0.477 e. The Morgan fingerprint density at radius 3 is 2.21 bits per heavy atom. The van der Waals surface area contributed by atoms with E-state index in [9.17, 15) is 18.4 Å². The number of carbonyl (C=O) groups is 2. The van der Waals surface area contributed by atoms with Gasteiger partial charge in [-0.25, -0.2) is 9.59 Å². The van der Waals surface area contributed by atoms with Crippen molar-refractivity contribution in [3.8, 4) is 11.1 Å². The maximum absolute atomic E-state index is 13.7. The Hall–Kier alpha value is -2.96. The zero-order valence-corrected chi connectivity index (χ0v) is 15.0. The summed E-state index contributed by atoms with van der Waals surface area (Å²) in [5.41, 5.74) is 4.32. The maximum Gasteiger partial charge on any atom is 0.409 e. The molecule has 146 valence electrons. The summed E-state index contributed by atoms with van der Waals surface area (Å²) in [7, 11) is 0. The predicted molar refractivity (Wildman–Crippen MR) is 97.3 cm³/mol. The molecule has 1 atom stereocenters. The van der Waals surface area contributed by atoms with Crippen LogP contribution >= 0.6 is 0 Å². The van der Waals surface area contributed by atoms with Crippen molar-refractivity contribution in [3.05, 3.63) is 59.7 Å². The number of benzene rings is 2. The summed E-state index contributed by atoms with van der Waals surface area (Å²) in [6.07, 6.45) is -0.755. The molecular weight excluding hydrogens is 368 g/mol. The van der Waals surface area contributed by atoms with Crippen molar-refractivity contribution in [1.82, 2.24) is 4.90 Å². The summed E-state index contributed by atoms with van der Waals surface area (Å²) in [6, 6.07) is 15.8. The second-order valence-corrected chi connectivity index (χ2v) is 7.16. The monoisotopic (exact) mass is 387 g/mol. The van der Waals surface area contributed by atoms with E-state index in [1.807, 2.05) is 48.5 Å². The lowest BCUT2D eigenvalue weighted by Crippen LogP contribution is -2.39. The van der Waals surface area contributed by atoms with E-state index >= 15 is 0 Å². The number of carboxylic acids is 1. The summed E-state index contributed by atoms with van der Waals surface area (Å²) < 4.78 is 32.8. The van der Waals surface area contributed by atoms with Crippen LogP contribution in [0.4, 0.5) is 13.6 Å². The molecule has 0 aromatic heterocycles. The number of hydrogen-bond acceptors (Lipinski definition) is 3. The van der Waals surface area contributed by atoms with Gasteiger partial charge in [0.05, 0.1) is 5.92 Å². The highest BCUT2D eigenvalue weighted by Crippen LogP contribution is 2.44. The summed E-state index contributed by atoms with van der Waals surface area (Å²) in [5, 5.41) is 8.67. The Kier molecular flexibility index (Phi) is 4.53. The summed E-state index contributed by atoms with van der Waals surface area (Å²) in [4.78, 5) is 24.3. The molecule has 1 unspecified atom stereocenters. The SMILES string of the molecule is O=C(OCC1c2ccccc2-c2ccccc21)N1CCC(C(F)(F)C(=O)O)C1. The molecule has 2 aromatic carbocycles. The quantitative estimate of drug-likeness (QED) is 0.862. The number of alkyl halides is 2. The number of fused-ring (bicyclic) bond motifs is 3. The molecule has 2 aliphatic rings. The highest BCUT2D eigenvalue weighted by atomic mass is 19.3. The van der Waals surface area contributed by atoms with Crippen molar-refractivity contribution in [2.75, 3.05) is 19.7 Å². The first-order chi connectivity index (χ1) is 13.4. The minimum absolute atomic E-state index is 0.0597. The number of halogens is 2. The van der Waals surface area contributed by atoms with Gasteiger partial charge >= 0.3 is 18.0 Å².